The van der Waals surface area contributed by atoms with Crippen LogP contribution in [-0.2, 0) is 20.9 Å². The van der Waals surface area contributed by atoms with Crippen molar-refractivity contribution in [3.05, 3.63) is 65.2 Å². The molecule has 2 aromatic rings. The van der Waals surface area contributed by atoms with Gasteiger partial charge in [0, 0.05) is 45.6 Å². The average Bonchev–Trinajstić information content (AvgIpc) is 3.00. The molecule has 0 aliphatic carbocycles. The SMILES string of the molecule is CC(C)(C)CC(=O)N[C@@H]1CC[C@H]2CCOc3ccccc3C(=O)N3CCN(Cc4ccc(C#N)cc4)C[C@H]3C(=O)NC[C@H]1O2. The van der Waals surface area contributed by atoms with Crippen LogP contribution in [0.5, 0.6) is 5.75 Å². The molecule has 3 aliphatic rings. The molecule has 0 radical (unpaired) electrons. The van der Waals surface area contributed by atoms with Gasteiger partial charge in [0.1, 0.15) is 11.8 Å². The minimum atomic E-state index is -0.737. The Morgan fingerprint density at radius 1 is 1.07 bits per heavy atom. The first kappa shape index (κ1) is 31.5. The number of benzene rings is 2. The van der Waals surface area contributed by atoms with Gasteiger partial charge < -0.3 is 25.0 Å². The highest BCUT2D eigenvalue weighted by molar-refractivity contribution is 6.00. The Labute approximate surface area is 259 Å². The van der Waals surface area contributed by atoms with Gasteiger partial charge in [-0.05, 0) is 48.1 Å². The molecule has 0 unspecified atom stereocenters. The van der Waals surface area contributed by atoms with Crippen LogP contribution in [-0.4, -0.2) is 84.6 Å². The maximum absolute atomic E-state index is 13.9. The van der Waals surface area contributed by atoms with E-state index in [4.69, 9.17) is 14.7 Å². The summed E-state index contributed by atoms with van der Waals surface area (Å²) < 4.78 is 12.6. The topological polar surface area (TPSA) is 124 Å². The monoisotopic (exact) mass is 601 g/mol. The van der Waals surface area contributed by atoms with E-state index in [2.05, 4.69) is 21.6 Å². The highest BCUT2D eigenvalue weighted by Gasteiger charge is 2.39. The van der Waals surface area contributed by atoms with Gasteiger partial charge in [-0.15, -0.1) is 0 Å². The van der Waals surface area contributed by atoms with Crippen molar-refractivity contribution in [1.29, 1.82) is 5.26 Å². The first-order valence-corrected chi connectivity index (χ1v) is 15.6. The van der Waals surface area contributed by atoms with Gasteiger partial charge in [-0.2, -0.15) is 5.26 Å². The van der Waals surface area contributed by atoms with E-state index in [-0.39, 0.29) is 41.8 Å². The van der Waals surface area contributed by atoms with Gasteiger partial charge in [0.25, 0.3) is 5.91 Å². The first-order chi connectivity index (χ1) is 21.1. The van der Waals surface area contributed by atoms with Gasteiger partial charge in [0.05, 0.1) is 42.1 Å². The molecule has 234 valence electrons. The van der Waals surface area contributed by atoms with Crippen LogP contribution >= 0.6 is 0 Å². The Kier molecular flexibility index (Phi) is 9.87. The fourth-order valence-electron chi connectivity index (χ4n) is 6.21. The lowest BCUT2D eigenvalue weighted by Gasteiger charge is -2.42. The second-order valence-electron chi connectivity index (χ2n) is 13.2. The Bertz CT molecular complexity index is 1380. The molecule has 2 N–H and O–H groups in total. The second kappa shape index (κ2) is 13.8. The number of hydrogen-bond acceptors (Lipinski definition) is 7. The number of piperazine rings is 1. The molecule has 5 rings (SSSR count). The standard InChI is InChI=1S/C34H43N5O5/c1-34(2,3)18-31(40)37-27-13-12-25-14-17-43-29-7-5-4-6-26(29)33(42)39-16-15-38(21-24-10-8-23(19-35)9-11-24)22-28(39)32(41)36-20-30(27)44-25/h4-11,25,27-28,30H,12-18,20-22H2,1-3H3,(H,36,41)(H,37,40)/t25-,27+,28-,30+/m0/s1. The zero-order valence-electron chi connectivity index (χ0n) is 25.9. The molecule has 0 spiro atoms. The van der Waals surface area contributed by atoms with Gasteiger partial charge in [0.2, 0.25) is 11.8 Å². The van der Waals surface area contributed by atoms with E-state index in [1.165, 1.54) is 0 Å². The molecule has 0 saturated carbocycles. The molecular formula is C34H43N5O5. The molecule has 3 amide bonds. The zero-order chi connectivity index (χ0) is 31.3. The van der Waals surface area contributed by atoms with E-state index in [9.17, 15) is 14.4 Å². The fraction of sp³-hybridized carbons (Fsp3) is 0.529. The van der Waals surface area contributed by atoms with E-state index < -0.39 is 12.1 Å². The van der Waals surface area contributed by atoms with E-state index in [1.807, 2.05) is 45.0 Å². The van der Waals surface area contributed by atoms with Crippen LogP contribution < -0.4 is 15.4 Å². The van der Waals surface area contributed by atoms with Gasteiger partial charge in [0.15, 0.2) is 0 Å². The van der Waals surface area contributed by atoms with Crippen molar-refractivity contribution < 1.29 is 23.9 Å². The average molecular weight is 602 g/mol. The number of para-hydroxylation sites is 1. The lowest BCUT2D eigenvalue weighted by Crippen LogP contribution is -2.62. The third kappa shape index (κ3) is 7.96. The summed E-state index contributed by atoms with van der Waals surface area (Å²) in [6, 6.07) is 15.8. The van der Waals surface area contributed by atoms with Crippen LogP contribution in [0.25, 0.3) is 0 Å². The molecule has 2 fully saturated rings. The normalized spacial score (nSPS) is 24.9. The minimum Gasteiger partial charge on any atom is -0.493 e. The molecule has 3 heterocycles. The zero-order valence-corrected chi connectivity index (χ0v) is 25.9. The summed E-state index contributed by atoms with van der Waals surface area (Å²) in [5.41, 5.74) is 1.91. The van der Waals surface area contributed by atoms with Gasteiger partial charge in [-0.25, -0.2) is 0 Å². The highest BCUT2D eigenvalue weighted by atomic mass is 16.5. The van der Waals surface area contributed by atoms with Crippen molar-refractivity contribution in [3.8, 4) is 11.8 Å². The predicted octanol–water partition coefficient (Wildman–Crippen LogP) is 3.25. The quantitative estimate of drug-likeness (QED) is 0.552. The lowest BCUT2D eigenvalue weighted by molar-refractivity contribution is -0.131. The summed E-state index contributed by atoms with van der Waals surface area (Å²) >= 11 is 0. The lowest BCUT2D eigenvalue weighted by atomic mass is 9.91. The second-order valence-corrected chi connectivity index (χ2v) is 13.2. The van der Waals surface area contributed by atoms with Gasteiger partial charge in [-0.1, -0.05) is 45.0 Å². The number of fused-ring (bicyclic) bond motifs is 4. The summed E-state index contributed by atoms with van der Waals surface area (Å²) in [7, 11) is 0. The number of nitriles is 1. The van der Waals surface area contributed by atoms with Crippen LogP contribution in [0.3, 0.4) is 0 Å². The fourth-order valence-corrected chi connectivity index (χ4v) is 6.21. The summed E-state index contributed by atoms with van der Waals surface area (Å²) in [6.45, 7) is 8.60. The Morgan fingerprint density at radius 2 is 1.84 bits per heavy atom. The van der Waals surface area contributed by atoms with Crippen LogP contribution in [0, 0.1) is 16.7 Å². The van der Waals surface area contributed by atoms with Crippen molar-refractivity contribution in [2.24, 2.45) is 5.41 Å². The van der Waals surface area contributed by atoms with E-state index in [0.717, 1.165) is 18.4 Å². The Balaban J connectivity index is 1.37. The van der Waals surface area contributed by atoms with Crippen molar-refractivity contribution in [1.82, 2.24) is 20.4 Å². The number of amides is 3. The van der Waals surface area contributed by atoms with E-state index >= 15 is 0 Å². The van der Waals surface area contributed by atoms with Crippen molar-refractivity contribution in [3.63, 3.8) is 0 Å². The molecule has 4 atom stereocenters. The first-order valence-electron chi connectivity index (χ1n) is 15.6. The van der Waals surface area contributed by atoms with Crippen LogP contribution in [0.4, 0.5) is 0 Å². The number of hydrogen-bond donors (Lipinski definition) is 2. The van der Waals surface area contributed by atoms with Crippen LogP contribution in [0.2, 0.25) is 0 Å². The number of rotatable bonds is 4. The molecule has 2 aromatic carbocycles. The number of nitrogens with zero attached hydrogens (tertiary/aromatic N) is 3. The minimum absolute atomic E-state index is 0.0299. The summed E-state index contributed by atoms with van der Waals surface area (Å²) in [4.78, 5) is 44.5. The summed E-state index contributed by atoms with van der Waals surface area (Å²) in [5.74, 6) is -0.0328. The summed E-state index contributed by atoms with van der Waals surface area (Å²) in [6.07, 6.45) is 2.03. The Morgan fingerprint density at radius 3 is 2.59 bits per heavy atom. The third-order valence-corrected chi connectivity index (χ3v) is 8.46. The van der Waals surface area contributed by atoms with E-state index in [0.29, 0.717) is 62.5 Å². The van der Waals surface area contributed by atoms with Crippen LogP contribution in [0.15, 0.2) is 48.5 Å². The molecule has 3 aliphatic heterocycles. The molecule has 2 saturated heterocycles. The molecule has 10 heteroatoms. The van der Waals surface area contributed by atoms with Gasteiger partial charge >= 0.3 is 0 Å². The van der Waals surface area contributed by atoms with Crippen molar-refractivity contribution in [2.75, 3.05) is 32.8 Å². The number of carbonyl (C=O) groups excluding carboxylic acids is 3. The number of carbonyl (C=O) groups is 3. The number of ether oxygens (including phenoxy) is 2. The summed E-state index contributed by atoms with van der Waals surface area (Å²) in [5, 5.41) is 15.4. The van der Waals surface area contributed by atoms with Gasteiger partial charge in [-0.3, -0.25) is 19.3 Å². The maximum atomic E-state index is 13.9. The van der Waals surface area contributed by atoms with Crippen molar-refractivity contribution in [2.45, 2.75) is 77.3 Å². The smallest absolute Gasteiger partial charge is 0.258 e. The highest BCUT2D eigenvalue weighted by Crippen LogP contribution is 2.27. The molecule has 2 bridgehead atoms. The van der Waals surface area contributed by atoms with Crippen molar-refractivity contribution >= 4 is 17.7 Å². The maximum Gasteiger partial charge on any atom is 0.258 e. The molecule has 0 aromatic heterocycles. The number of nitrogens with one attached hydrogen (secondary N) is 2. The molecule has 44 heavy (non-hydrogen) atoms. The molecular weight excluding hydrogens is 558 g/mol. The van der Waals surface area contributed by atoms with E-state index in [1.54, 1.807) is 29.2 Å². The third-order valence-electron chi connectivity index (χ3n) is 8.46. The largest absolute Gasteiger partial charge is 0.493 e. The van der Waals surface area contributed by atoms with Crippen LogP contribution in [0.1, 0.15) is 67.9 Å². The Hall–Kier alpha value is -3.94. The predicted molar refractivity (Wildman–Crippen MR) is 165 cm³/mol. The molecule has 10 nitrogen and oxygen atoms in total.